The Balaban J connectivity index is 1.39. The number of fused-ring (bicyclic) bond motifs is 1. The molecule has 1 saturated heterocycles. The molecule has 2 unspecified atom stereocenters. The molecular formula is C29H28FN3O4. The first-order valence-corrected chi connectivity index (χ1v) is 12.4. The van der Waals surface area contributed by atoms with Crippen LogP contribution >= 0.6 is 0 Å². The monoisotopic (exact) mass is 501 g/mol. The summed E-state index contributed by atoms with van der Waals surface area (Å²) in [6, 6.07) is 22.7. The summed E-state index contributed by atoms with van der Waals surface area (Å²) in [4.78, 5) is 40.8. The second-order valence-electron chi connectivity index (χ2n) is 9.52. The number of carbonyl (C=O) groups is 1. The highest BCUT2D eigenvalue weighted by atomic mass is 19.1. The van der Waals surface area contributed by atoms with E-state index in [2.05, 4.69) is 0 Å². The average Bonchev–Trinajstić information content (AvgIpc) is 2.92. The van der Waals surface area contributed by atoms with Crippen LogP contribution in [0, 0.1) is 11.7 Å². The van der Waals surface area contributed by atoms with E-state index < -0.39 is 11.9 Å². The molecule has 1 fully saturated rings. The zero-order valence-electron chi connectivity index (χ0n) is 20.3. The Kier molecular flexibility index (Phi) is 7.01. The number of aromatic nitrogens is 2. The van der Waals surface area contributed by atoms with Crippen LogP contribution in [0.15, 0.2) is 88.5 Å². The first-order chi connectivity index (χ1) is 17.9. The number of hydrogen-bond acceptors (Lipinski definition) is 4. The predicted octanol–water partition coefficient (Wildman–Crippen LogP) is 3.54. The first-order valence-electron chi connectivity index (χ1n) is 12.4. The number of likely N-dealkylation sites (tertiary alicyclic amines) is 1. The number of benzene rings is 3. The molecule has 7 nitrogen and oxygen atoms in total. The molecular weight excluding hydrogens is 473 g/mol. The molecule has 0 bridgehead atoms. The van der Waals surface area contributed by atoms with Crippen LogP contribution in [-0.4, -0.2) is 44.7 Å². The molecule has 4 aromatic rings. The molecule has 1 aliphatic rings. The van der Waals surface area contributed by atoms with Gasteiger partial charge in [-0.15, -0.1) is 0 Å². The van der Waals surface area contributed by atoms with Gasteiger partial charge in [-0.1, -0.05) is 54.6 Å². The zero-order valence-corrected chi connectivity index (χ0v) is 20.3. The highest BCUT2D eigenvalue weighted by molar-refractivity contribution is 5.78. The van der Waals surface area contributed by atoms with E-state index in [1.54, 1.807) is 34.9 Å². The molecule has 0 aliphatic carbocycles. The summed E-state index contributed by atoms with van der Waals surface area (Å²) in [5.41, 5.74) is 1.61. The Labute approximate surface area is 213 Å². The molecule has 2 atom stereocenters. The van der Waals surface area contributed by atoms with Crippen molar-refractivity contribution in [2.75, 3.05) is 19.6 Å². The van der Waals surface area contributed by atoms with Crippen LogP contribution in [0.25, 0.3) is 10.9 Å². The summed E-state index contributed by atoms with van der Waals surface area (Å²) in [5, 5.41) is 10.4. The maximum Gasteiger partial charge on any atom is 0.331 e. The van der Waals surface area contributed by atoms with Crippen molar-refractivity contribution in [2.45, 2.75) is 25.4 Å². The lowest BCUT2D eigenvalue weighted by atomic mass is 9.80. The summed E-state index contributed by atoms with van der Waals surface area (Å²) in [5.74, 6) is -2.15. The highest BCUT2D eigenvalue weighted by Crippen LogP contribution is 2.33. The molecule has 0 amide bonds. The lowest BCUT2D eigenvalue weighted by Gasteiger charge is -2.36. The number of piperidine rings is 1. The third kappa shape index (κ3) is 5.11. The number of aliphatic carboxylic acids is 1. The Morgan fingerprint density at radius 1 is 0.892 bits per heavy atom. The van der Waals surface area contributed by atoms with E-state index in [1.807, 2.05) is 41.3 Å². The third-order valence-corrected chi connectivity index (χ3v) is 7.27. The molecule has 1 aliphatic heterocycles. The molecule has 0 spiro atoms. The Hall–Kier alpha value is -4.04. The lowest BCUT2D eigenvalue weighted by molar-refractivity contribution is -0.144. The fourth-order valence-corrected chi connectivity index (χ4v) is 5.31. The van der Waals surface area contributed by atoms with E-state index in [9.17, 15) is 23.9 Å². The van der Waals surface area contributed by atoms with Gasteiger partial charge in [-0.3, -0.25) is 18.7 Å². The van der Waals surface area contributed by atoms with E-state index in [0.717, 1.165) is 11.1 Å². The van der Waals surface area contributed by atoms with Crippen molar-refractivity contribution < 1.29 is 14.3 Å². The Bertz CT molecular complexity index is 1530. The van der Waals surface area contributed by atoms with Gasteiger partial charge in [0, 0.05) is 19.6 Å². The van der Waals surface area contributed by atoms with Crippen molar-refractivity contribution in [3.63, 3.8) is 0 Å². The van der Waals surface area contributed by atoms with Crippen molar-refractivity contribution in [3.05, 3.63) is 117 Å². The SMILES string of the molecule is O=C(O)C1CN(CCn2c(=O)c3ccccc3n(Cc3ccccc3)c2=O)CCC1c1ccc(F)cc1. The first kappa shape index (κ1) is 24.6. The zero-order chi connectivity index (χ0) is 25.9. The molecule has 2 heterocycles. The molecule has 3 aromatic carbocycles. The van der Waals surface area contributed by atoms with Crippen LogP contribution in [0.3, 0.4) is 0 Å². The van der Waals surface area contributed by atoms with Gasteiger partial charge in [0.05, 0.1) is 23.4 Å². The number of hydrogen-bond donors (Lipinski definition) is 1. The average molecular weight is 502 g/mol. The number of carboxylic acid groups (broad SMARTS) is 1. The van der Waals surface area contributed by atoms with Crippen LogP contribution in [0.2, 0.25) is 0 Å². The van der Waals surface area contributed by atoms with Crippen LogP contribution < -0.4 is 11.2 Å². The smallest absolute Gasteiger partial charge is 0.331 e. The maximum atomic E-state index is 13.5. The van der Waals surface area contributed by atoms with E-state index in [4.69, 9.17) is 0 Å². The Morgan fingerprint density at radius 2 is 1.59 bits per heavy atom. The molecule has 190 valence electrons. The number of carboxylic acids is 1. The molecule has 8 heteroatoms. The predicted molar refractivity (Wildman–Crippen MR) is 139 cm³/mol. The minimum absolute atomic E-state index is 0.158. The van der Waals surface area contributed by atoms with Crippen molar-refractivity contribution in [1.29, 1.82) is 0 Å². The quantitative estimate of drug-likeness (QED) is 0.419. The molecule has 37 heavy (non-hydrogen) atoms. The summed E-state index contributed by atoms with van der Waals surface area (Å²) >= 11 is 0. The van der Waals surface area contributed by atoms with Gasteiger partial charge in [0.15, 0.2) is 0 Å². The number of rotatable bonds is 7. The van der Waals surface area contributed by atoms with E-state index >= 15 is 0 Å². The number of nitrogens with zero attached hydrogens (tertiary/aromatic N) is 3. The highest BCUT2D eigenvalue weighted by Gasteiger charge is 2.35. The fourth-order valence-electron chi connectivity index (χ4n) is 5.31. The second-order valence-corrected chi connectivity index (χ2v) is 9.52. The van der Waals surface area contributed by atoms with E-state index in [-0.39, 0.29) is 36.1 Å². The maximum absolute atomic E-state index is 13.5. The van der Waals surface area contributed by atoms with Crippen molar-refractivity contribution in [1.82, 2.24) is 14.0 Å². The Morgan fingerprint density at radius 3 is 2.32 bits per heavy atom. The van der Waals surface area contributed by atoms with Crippen LogP contribution in [-0.2, 0) is 17.9 Å². The van der Waals surface area contributed by atoms with Crippen molar-refractivity contribution in [3.8, 4) is 0 Å². The topological polar surface area (TPSA) is 84.5 Å². The van der Waals surface area contributed by atoms with Crippen LogP contribution in [0.5, 0.6) is 0 Å². The van der Waals surface area contributed by atoms with E-state index in [1.165, 1.54) is 16.7 Å². The lowest BCUT2D eigenvalue weighted by Crippen LogP contribution is -2.47. The minimum atomic E-state index is -0.910. The third-order valence-electron chi connectivity index (χ3n) is 7.27. The molecule has 1 N–H and O–H groups in total. The normalized spacial score (nSPS) is 18.2. The summed E-state index contributed by atoms with van der Waals surface area (Å²) < 4.78 is 16.2. The van der Waals surface area contributed by atoms with Gasteiger partial charge in [0.2, 0.25) is 0 Å². The number of halogens is 1. The summed E-state index contributed by atoms with van der Waals surface area (Å²) in [7, 11) is 0. The summed E-state index contributed by atoms with van der Waals surface area (Å²) in [6.45, 7) is 1.78. The summed E-state index contributed by atoms with van der Waals surface area (Å²) in [6.07, 6.45) is 0.591. The molecule has 5 rings (SSSR count). The van der Waals surface area contributed by atoms with Gasteiger partial charge >= 0.3 is 11.7 Å². The molecule has 0 radical (unpaired) electrons. The van der Waals surface area contributed by atoms with Gasteiger partial charge < -0.3 is 10.0 Å². The standard InChI is InChI=1S/C29H28FN3O4/c30-22-12-10-21(11-13-22)23-14-15-31(19-25(23)28(35)36)16-17-32-27(34)24-8-4-5-9-26(24)33(29(32)37)18-20-6-2-1-3-7-20/h1-13,23,25H,14-19H2,(H,35,36). The number of para-hydroxylation sites is 1. The van der Waals surface area contributed by atoms with Crippen molar-refractivity contribution >= 4 is 16.9 Å². The minimum Gasteiger partial charge on any atom is -0.481 e. The fraction of sp³-hybridized carbons (Fsp3) is 0.276. The molecule has 1 aromatic heterocycles. The van der Waals surface area contributed by atoms with E-state index in [0.29, 0.717) is 37.0 Å². The van der Waals surface area contributed by atoms with Crippen LogP contribution in [0.4, 0.5) is 4.39 Å². The van der Waals surface area contributed by atoms with Gasteiger partial charge in [0.1, 0.15) is 5.82 Å². The second kappa shape index (κ2) is 10.5. The van der Waals surface area contributed by atoms with Gasteiger partial charge in [-0.2, -0.15) is 0 Å². The van der Waals surface area contributed by atoms with Crippen LogP contribution in [0.1, 0.15) is 23.5 Å². The largest absolute Gasteiger partial charge is 0.481 e. The van der Waals surface area contributed by atoms with Gasteiger partial charge in [0.25, 0.3) is 5.56 Å². The van der Waals surface area contributed by atoms with Gasteiger partial charge in [-0.25, -0.2) is 9.18 Å². The molecule has 0 saturated carbocycles. The van der Waals surface area contributed by atoms with Gasteiger partial charge in [-0.05, 0) is 54.3 Å². The van der Waals surface area contributed by atoms with Crippen molar-refractivity contribution in [2.24, 2.45) is 5.92 Å².